The van der Waals surface area contributed by atoms with Gasteiger partial charge in [-0.3, -0.25) is 14.5 Å². The van der Waals surface area contributed by atoms with Crippen molar-refractivity contribution in [1.82, 2.24) is 4.90 Å². The van der Waals surface area contributed by atoms with Crippen molar-refractivity contribution in [1.29, 1.82) is 0 Å². The first-order chi connectivity index (χ1) is 7.62. The second-order valence-corrected chi connectivity index (χ2v) is 4.94. The number of imide groups is 1. The average Bonchev–Trinajstić information content (AvgIpc) is 2.86. The molecule has 2 fully saturated rings. The largest absolute Gasteiger partial charge is 0.467 e. The second kappa shape index (κ2) is 4.08. The van der Waals surface area contributed by atoms with Crippen LogP contribution in [-0.2, 0) is 14.3 Å². The summed E-state index contributed by atoms with van der Waals surface area (Å²) < 4.78 is 4.75. The number of hydrogen-bond donors (Lipinski definition) is 0. The summed E-state index contributed by atoms with van der Waals surface area (Å²) in [4.78, 5) is 36.3. The van der Waals surface area contributed by atoms with E-state index in [-0.39, 0.29) is 16.9 Å². The molecule has 0 atom stereocenters. The van der Waals surface area contributed by atoms with Gasteiger partial charge in [-0.05, 0) is 12.8 Å². The molecule has 0 N–H and O–H groups in total. The Morgan fingerprint density at radius 2 is 2.00 bits per heavy atom. The van der Waals surface area contributed by atoms with Gasteiger partial charge in [0.1, 0.15) is 5.54 Å². The summed E-state index contributed by atoms with van der Waals surface area (Å²) >= 11 is 0.956. The number of methoxy groups -OCH3 is 1. The molecule has 1 saturated carbocycles. The molecule has 6 heteroatoms. The Kier molecular flexibility index (Phi) is 2.92. The van der Waals surface area contributed by atoms with Crippen molar-refractivity contribution in [2.24, 2.45) is 0 Å². The summed E-state index contributed by atoms with van der Waals surface area (Å²) in [5.41, 5.74) is -1.02. The molecule has 2 rings (SSSR count). The van der Waals surface area contributed by atoms with Crippen LogP contribution in [0.25, 0.3) is 0 Å². The van der Waals surface area contributed by atoms with E-state index in [4.69, 9.17) is 4.74 Å². The fourth-order valence-corrected chi connectivity index (χ4v) is 3.22. The van der Waals surface area contributed by atoms with Crippen LogP contribution in [0.5, 0.6) is 0 Å². The zero-order valence-corrected chi connectivity index (χ0v) is 9.84. The normalized spacial score (nSPS) is 23.9. The average molecular weight is 243 g/mol. The number of nitrogens with zero attached hydrogens (tertiary/aromatic N) is 1. The van der Waals surface area contributed by atoms with E-state index in [0.29, 0.717) is 12.8 Å². The van der Waals surface area contributed by atoms with Gasteiger partial charge in [-0.15, -0.1) is 0 Å². The van der Waals surface area contributed by atoms with Crippen molar-refractivity contribution >= 4 is 28.9 Å². The van der Waals surface area contributed by atoms with E-state index in [2.05, 4.69) is 0 Å². The highest BCUT2D eigenvalue weighted by Gasteiger charge is 2.54. The monoisotopic (exact) mass is 243 g/mol. The highest BCUT2D eigenvalue weighted by Crippen LogP contribution is 2.40. The lowest BCUT2D eigenvalue weighted by atomic mass is 9.95. The van der Waals surface area contributed by atoms with Gasteiger partial charge in [-0.2, -0.15) is 0 Å². The quantitative estimate of drug-likeness (QED) is 0.681. The summed E-state index contributed by atoms with van der Waals surface area (Å²) in [5.74, 6) is -0.603. The zero-order chi connectivity index (χ0) is 11.8. The molecule has 0 radical (unpaired) electrons. The van der Waals surface area contributed by atoms with Gasteiger partial charge in [0, 0.05) is 0 Å². The number of hydrogen-bond acceptors (Lipinski definition) is 5. The van der Waals surface area contributed by atoms with Crippen molar-refractivity contribution in [3.63, 3.8) is 0 Å². The van der Waals surface area contributed by atoms with E-state index in [1.54, 1.807) is 0 Å². The minimum absolute atomic E-state index is 0.136. The summed E-state index contributed by atoms with van der Waals surface area (Å²) in [6, 6.07) is 0. The molecule has 88 valence electrons. The second-order valence-electron chi connectivity index (χ2n) is 4.01. The first-order valence-corrected chi connectivity index (χ1v) is 6.18. The van der Waals surface area contributed by atoms with Crippen molar-refractivity contribution in [3.8, 4) is 0 Å². The summed E-state index contributed by atoms with van der Waals surface area (Å²) in [6.07, 6.45) is 2.74. The number of rotatable bonds is 2. The number of carbonyl (C=O) groups excluding carboxylic acids is 3. The molecule has 5 nitrogen and oxygen atoms in total. The molecule has 1 saturated heterocycles. The molecular weight excluding hydrogens is 230 g/mol. The molecule has 0 aromatic carbocycles. The van der Waals surface area contributed by atoms with E-state index < -0.39 is 11.5 Å². The Labute approximate surface area is 97.5 Å². The Hall–Kier alpha value is -1.04. The lowest BCUT2D eigenvalue weighted by Crippen LogP contribution is -2.55. The topological polar surface area (TPSA) is 63.7 Å². The van der Waals surface area contributed by atoms with E-state index in [1.807, 2.05) is 0 Å². The van der Waals surface area contributed by atoms with Crippen LogP contribution >= 0.6 is 11.8 Å². The molecule has 0 unspecified atom stereocenters. The van der Waals surface area contributed by atoms with Gasteiger partial charge in [0.15, 0.2) is 0 Å². The van der Waals surface area contributed by atoms with Gasteiger partial charge in [0.25, 0.3) is 5.24 Å². The van der Waals surface area contributed by atoms with Crippen LogP contribution in [0.15, 0.2) is 0 Å². The van der Waals surface area contributed by atoms with Gasteiger partial charge in [-0.1, -0.05) is 24.6 Å². The number of thioether (sulfide) groups is 1. The van der Waals surface area contributed by atoms with Crippen LogP contribution in [0.2, 0.25) is 0 Å². The van der Waals surface area contributed by atoms with Crippen LogP contribution in [0.3, 0.4) is 0 Å². The smallest absolute Gasteiger partial charge is 0.332 e. The Balaban J connectivity index is 2.35. The minimum Gasteiger partial charge on any atom is -0.467 e. The SMILES string of the molecule is COC(=O)C1(N2C(=O)CSC2=O)CCCC1. The molecular formula is C10H13NO4S. The van der Waals surface area contributed by atoms with Crippen molar-refractivity contribution in [2.75, 3.05) is 12.9 Å². The predicted octanol–water partition coefficient (Wildman–Crippen LogP) is 1.17. The Bertz CT molecular complexity index is 333. The van der Waals surface area contributed by atoms with Gasteiger partial charge in [0.2, 0.25) is 5.91 Å². The maximum absolute atomic E-state index is 11.8. The molecule has 0 aromatic heterocycles. The molecule has 16 heavy (non-hydrogen) atoms. The first kappa shape index (κ1) is 11.4. The van der Waals surface area contributed by atoms with E-state index in [1.165, 1.54) is 7.11 Å². The summed E-state index contributed by atoms with van der Waals surface area (Å²) in [7, 11) is 1.29. The van der Waals surface area contributed by atoms with Crippen LogP contribution in [0.1, 0.15) is 25.7 Å². The standard InChI is InChI=1S/C10H13NO4S/c1-15-8(13)10(4-2-3-5-10)11-7(12)6-16-9(11)14/h2-6H2,1H3. The number of amides is 2. The highest BCUT2D eigenvalue weighted by molar-refractivity contribution is 8.14. The van der Waals surface area contributed by atoms with Crippen LogP contribution in [0.4, 0.5) is 4.79 Å². The molecule has 2 amide bonds. The summed E-state index contributed by atoms with van der Waals surface area (Å²) in [6.45, 7) is 0. The molecule has 0 aromatic rings. The Morgan fingerprint density at radius 3 is 2.44 bits per heavy atom. The number of carbonyl (C=O) groups is 3. The Morgan fingerprint density at radius 1 is 1.38 bits per heavy atom. The molecule has 2 aliphatic rings. The summed E-state index contributed by atoms with van der Waals surface area (Å²) in [5, 5.41) is -0.322. The van der Waals surface area contributed by atoms with Gasteiger partial charge < -0.3 is 4.74 Å². The zero-order valence-electron chi connectivity index (χ0n) is 9.02. The van der Waals surface area contributed by atoms with Crippen molar-refractivity contribution < 1.29 is 19.1 Å². The van der Waals surface area contributed by atoms with Gasteiger partial charge in [-0.25, -0.2) is 4.79 Å². The molecule has 0 bridgehead atoms. The van der Waals surface area contributed by atoms with E-state index in [9.17, 15) is 14.4 Å². The third kappa shape index (κ3) is 1.52. The van der Waals surface area contributed by atoms with Gasteiger partial charge >= 0.3 is 5.97 Å². The van der Waals surface area contributed by atoms with Gasteiger partial charge in [0.05, 0.1) is 12.9 Å². The van der Waals surface area contributed by atoms with Crippen LogP contribution < -0.4 is 0 Å². The van der Waals surface area contributed by atoms with E-state index in [0.717, 1.165) is 29.5 Å². The molecule has 1 aliphatic heterocycles. The first-order valence-electron chi connectivity index (χ1n) is 5.20. The predicted molar refractivity (Wildman–Crippen MR) is 57.9 cm³/mol. The number of ether oxygens (including phenoxy) is 1. The molecule has 0 spiro atoms. The maximum Gasteiger partial charge on any atom is 0.332 e. The van der Waals surface area contributed by atoms with Crippen LogP contribution in [-0.4, -0.2) is 40.4 Å². The number of esters is 1. The third-order valence-corrected chi connectivity index (χ3v) is 4.00. The van der Waals surface area contributed by atoms with Crippen LogP contribution in [0, 0.1) is 0 Å². The van der Waals surface area contributed by atoms with Crippen molar-refractivity contribution in [3.05, 3.63) is 0 Å². The molecule has 1 aliphatic carbocycles. The van der Waals surface area contributed by atoms with Crippen molar-refractivity contribution in [2.45, 2.75) is 31.2 Å². The lowest BCUT2D eigenvalue weighted by Gasteiger charge is -2.33. The highest BCUT2D eigenvalue weighted by atomic mass is 32.2. The fourth-order valence-electron chi connectivity index (χ4n) is 2.44. The fraction of sp³-hybridized carbons (Fsp3) is 0.700. The van der Waals surface area contributed by atoms with E-state index >= 15 is 0 Å². The lowest BCUT2D eigenvalue weighted by molar-refractivity contribution is -0.157. The minimum atomic E-state index is -1.02. The third-order valence-electron chi connectivity index (χ3n) is 3.18. The maximum atomic E-state index is 11.8. The molecule has 1 heterocycles.